The maximum absolute atomic E-state index is 13.6. The largest absolute Gasteiger partial charge is 0.461 e. The highest BCUT2D eigenvalue weighted by Gasteiger charge is 2.49. The van der Waals surface area contributed by atoms with Gasteiger partial charge < -0.3 is 4.74 Å². The van der Waals surface area contributed by atoms with Crippen LogP contribution in [0.25, 0.3) is 10.2 Å². The van der Waals surface area contributed by atoms with Crippen LogP contribution < -0.4 is 0 Å². The van der Waals surface area contributed by atoms with E-state index in [1.807, 2.05) is 0 Å². The highest BCUT2D eigenvalue weighted by Crippen LogP contribution is 2.31. The Morgan fingerprint density at radius 3 is 2.79 bits per heavy atom. The number of nitrogens with zero attached hydrogens (tertiary/aromatic N) is 1. The Morgan fingerprint density at radius 1 is 1.47 bits per heavy atom. The number of carbonyl (C=O) groups excluding carboxylic acids is 1. The average Bonchev–Trinajstić information content (AvgIpc) is 2.81. The zero-order valence-electron chi connectivity index (χ0n) is 9.76. The lowest BCUT2D eigenvalue weighted by atomic mass is 10.3. The molecule has 8 heteroatoms. The molecule has 0 amide bonds. The summed E-state index contributed by atoms with van der Waals surface area (Å²) in [5, 5.41) is -4.09. The molecule has 0 aliphatic rings. The topological polar surface area (TPSA) is 56.3 Å². The summed E-state index contributed by atoms with van der Waals surface area (Å²) in [5.74, 6) is -1.80. The first-order valence-electron chi connectivity index (χ1n) is 5.29. The van der Waals surface area contributed by atoms with Gasteiger partial charge in [-0.05, 0) is 19.1 Å². The van der Waals surface area contributed by atoms with Crippen LogP contribution in [0.15, 0.2) is 28.6 Å². The number of para-hydroxylation sites is 1. The van der Waals surface area contributed by atoms with Crippen LogP contribution >= 0.6 is 11.3 Å². The molecule has 4 nitrogen and oxygen atoms in total. The zero-order chi connectivity index (χ0) is 14.0. The van der Waals surface area contributed by atoms with Crippen molar-refractivity contribution in [1.82, 2.24) is 4.98 Å². The number of rotatable bonds is 4. The second kappa shape index (κ2) is 5.30. The van der Waals surface area contributed by atoms with E-state index < -0.39 is 22.0 Å². The van der Waals surface area contributed by atoms with Crippen LogP contribution in [0.3, 0.4) is 0 Å². The third-order valence-electron chi connectivity index (χ3n) is 2.18. The monoisotopic (exact) mass is 305 g/mol. The van der Waals surface area contributed by atoms with Crippen molar-refractivity contribution >= 4 is 38.3 Å². The molecule has 0 bridgehead atoms. The lowest BCUT2D eigenvalue weighted by molar-refractivity contribution is -0.159. The van der Waals surface area contributed by atoms with Crippen LogP contribution in [0.2, 0.25) is 0 Å². The van der Waals surface area contributed by atoms with E-state index in [2.05, 4.69) is 9.72 Å². The molecule has 0 saturated heterocycles. The Labute approximate surface area is 113 Å². The maximum Gasteiger partial charge on any atom is 0.422 e. The smallest absolute Gasteiger partial charge is 0.422 e. The third-order valence-corrected chi connectivity index (χ3v) is 4.75. The molecule has 0 saturated carbocycles. The minimum absolute atomic E-state index is 0.203. The number of esters is 1. The molecule has 0 radical (unpaired) electrons. The minimum atomic E-state index is -4.09. The van der Waals surface area contributed by atoms with Crippen molar-refractivity contribution < 1.29 is 22.5 Å². The molecule has 1 unspecified atom stereocenters. The van der Waals surface area contributed by atoms with Gasteiger partial charge in [0.2, 0.25) is 0 Å². The summed E-state index contributed by atoms with van der Waals surface area (Å²) in [6, 6.07) is 6.71. The van der Waals surface area contributed by atoms with Crippen molar-refractivity contribution in [1.29, 1.82) is 0 Å². The van der Waals surface area contributed by atoms with Gasteiger partial charge in [-0.3, -0.25) is 0 Å². The van der Waals surface area contributed by atoms with Gasteiger partial charge in [-0.2, -0.15) is 8.78 Å². The van der Waals surface area contributed by atoms with Gasteiger partial charge >= 0.3 is 11.2 Å². The van der Waals surface area contributed by atoms with E-state index in [1.165, 1.54) is 6.92 Å². The van der Waals surface area contributed by atoms with Gasteiger partial charge in [0.15, 0.2) is 15.1 Å². The molecule has 19 heavy (non-hydrogen) atoms. The second-order valence-corrected chi connectivity index (χ2v) is 6.18. The lowest BCUT2D eigenvalue weighted by Gasteiger charge is -2.11. The molecule has 2 aromatic rings. The first-order valence-corrected chi connectivity index (χ1v) is 7.26. The molecular formula is C11H9F2NO3S2. The van der Waals surface area contributed by atoms with Gasteiger partial charge in [0.25, 0.3) is 0 Å². The van der Waals surface area contributed by atoms with Crippen LogP contribution in [0, 0.1) is 0 Å². The van der Waals surface area contributed by atoms with E-state index in [4.69, 9.17) is 0 Å². The summed E-state index contributed by atoms with van der Waals surface area (Å²) in [7, 11) is -2.86. The lowest BCUT2D eigenvalue weighted by Crippen LogP contribution is -2.35. The number of fused-ring (bicyclic) bond motifs is 1. The predicted octanol–water partition coefficient (Wildman–Crippen LogP) is 2.56. The summed E-state index contributed by atoms with van der Waals surface area (Å²) in [5.41, 5.74) is 0.468. The van der Waals surface area contributed by atoms with Gasteiger partial charge in [-0.15, -0.1) is 11.3 Å². The standard InChI is InChI=1S/C11H9F2NO3S2/c1-2-17-9(15)11(12,13)19(16)10-14-7-5-3-4-6-8(7)18-10/h3-6H,2H2,1H3. The van der Waals surface area contributed by atoms with Gasteiger partial charge in [-0.25, -0.2) is 14.0 Å². The van der Waals surface area contributed by atoms with Crippen LogP contribution in [0.1, 0.15) is 6.92 Å². The Hall–Kier alpha value is -1.41. The fourth-order valence-electron chi connectivity index (χ4n) is 1.33. The summed E-state index contributed by atoms with van der Waals surface area (Å²) in [4.78, 5) is 15.0. The first kappa shape index (κ1) is 14.0. The molecule has 0 aliphatic carbocycles. The van der Waals surface area contributed by atoms with Crippen molar-refractivity contribution in [3.8, 4) is 0 Å². The van der Waals surface area contributed by atoms with E-state index in [9.17, 15) is 17.8 Å². The normalized spacial score (nSPS) is 13.4. The summed E-state index contributed by atoms with van der Waals surface area (Å²) in [6.07, 6.45) is 0. The minimum Gasteiger partial charge on any atom is -0.461 e. The van der Waals surface area contributed by atoms with Crippen LogP contribution in [0.5, 0.6) is 0 Å². The van der Waals surface area contributed by atoms with Crippen molar-refractivity contribution in [2.75, 3.05) is 6.61 Å². The number of hydrogen-bond acceptors (Lipinski definition) is 5. The summed E-state index contributed by atoms with van der Waals surface area (Å²) >= 11 is 0.869. The molecule has 0 aliphatic heterocycles. The van der Waals surface area contributed by atoms with Gasteiger partial charge in [0, 0.05) is 0 Å². The molecule has 0 spiro atoms. The molecule has 0 fully saturated rings. The van der Waals surface area contributed by atoms with Crippen molar-refractivity contribution in [2.45, 2.75) is 16.5 Å². The molecule has 1 atom stereocenters. The van der Waals surface area contributed by atoms with Crippen LogP contribution in [-0.4, -0.2) is 27.0 Å². The second-order valence-electron chi connectivity index (χ2n) is 3.45. The summed E-state index contributed by atoms with van der Waals surface area (Å²) in [6.45, 7) is 1.19. The zero-order valence-corrected chi connectivity index (χ0v) is 11.4. The quantitative estimate of drug-likeness (QED) is 0.815. The first-order chi connectivity index (χ1) is 8.96. The Balaban J connectivity index is 2.35. The Kier molecular flexibility index (Phi) is 3.91. The van der Waals surface area contributed by atoms with Crippen molar-refractivity contribution in [3.05, 3.63) is 24.3 Å². The van der Waals surface area contributed by atoms with Gasteiger partial charge in [0.05, 0.1) is 16.8 Å². The number of ether oxygens (including phenoxy) is 1. The number of alkyl halides is 2. The number of halogens is 2. The molecule has 1 aromatic heterocycles. The van der Waals surface area contributed by atoms with Crippen LogP contribution in [-0.2, 0) is 20.3 Å². The van der Waals surface area contributed by atoms with E-state index in [-0.39, 0.29) is 10.9 Å². The summed E-state index contributed by atoms with van der Waals surface area (Å²) < 4.78 is 43.5. The molecule has 0 N–H and O–H groups in total. The number of thiazole rings is 1. The number of aromatic nitrogens is 1. The molecule has 1 aromatic carbocycles. The van der Waals surface area contributed by atoms with Crippen molar-refractivity contribution in [3.63, 3.8) is 0 Å². The molecular weight excluding hydrogens is 296 g/mol. The van der Waals surface area contributed by atoms with E-state index in [0.717, 1.165) is 11.3 Å². The molecule has 1 heterocycles. The third kappa shape index (κ3) is 2.64. The molecule has 2 rings (SSSR count). The number of benzene rings is 1. The van der Waals surface area contributed by atoms with E-state index >= 15 is 0 Å². The van der Waals surface area contributed by atoms with Gasteiger partial charge in [0.1, 0.15) is 0 Å². The van der Waals surface area contributed by atoms with E-state index in [1.54, 1.807) is 24.3 Å². The average molecular weight is 305 g/mol. The van der Waals surface area contributed by atoms with Crippen LogP contribution in [0.4, 0.5) is 8.78 Å². The van der Waals surface area contributed by atoms with Gasteiger partial charge in [-0.1, -0.05) is 12.1 Å². The highest BCUT2D eigenvalue weighted by molar-refractivity contribution is 7.89. The molecule has 102 valence electrons. The fourth-order valence-corrected chi connectivity index (χ4v) is 3.52. The number of carbonyl (C=O) groups is 1. The Morgan fingerprint density at radius 2 is 2.16 bits per heavy atom. The maximum atomic E-state index is 13.6. The highest BCUT2D eigenvalue weighted by atomic mass is 32.2. The Bertz CT molecular complexity index is 609. The predicted molar refractivity (Wildman–Crippen MR) is 67.6 cm³/mol. The SMILES string of the molecule is CCOC(=O)C(F)(F)S(=O)c1nc2ccccc2s1. The van der Waals surface area contributed by atoms with Crippen molar-refractivity contribution in [2.24, 2.45) is 0 Å². The number of hydrogen-bond donors (Lipinski definition) is 0. The fraction of sp³-hybridized carbons (Fsp3) is 0.273. The van der Waals surface area contributed by atoms with E-state index in [0.29, 0.717) is 10.2 Å².